The van der Waals surface area contributed by atoms with Crippen LogP contribution in [-0.2, 0) is 11.2 Å². The summed E-state index contributed by atoms with van der Waals surface area (Å²) in [4.78, 5) is 18.6. The summed E-state index contributed by atoms with van der Waals surface area (Å²) in [6.45, 7) is 5.48. The summed E-state index contributed by atoms with van der Waals surface area (Å²) in [6.07, 6.45) is 4.77. The van der Waals surface area contributed by atoms with Crippen LogP contribution in [0.25, 0.3) is 10.9 Å². The highest BCUT2D eigenvalue weighted by Gasteiger charge is 2.33. The van der Waals surface area contributed by atoms with Crippen molar-refractivity contribution in [3.63, 3.8) is 0 Å². The molecule has 0 bridgehead atoms. The molecule has 1 saturated heterocycles. The number of β-amino-alcohol motifs (C(OH)–C–C–N with tert-alkyl or cyclic N) is 1. The molecule has 0 spiro atoms. The number of nitrogens with zero attached hydrogens (tertiary/aromatic N) is 2. The van der Waals surface area contributed by atoms with E-state index >= 15 is 0 Å². The molecule has 1 aliphatic heterocycles. The Kier molecular flexibility index (Phi) is 5.69. The molecule has 1 aromatic carbocycles. The Morgan fingerprint density at radius 1 is 1.28 bits per heavy atom. The Balaban J connectivity index is 1.63. The standard InChI is InChI=1S/C21H28N2O2/c1-15(2)6-5-9-21(25)23-13-17(20(24)14-23)12-16-10-11-22-19-8-4-3-7-18(16)19/h3-4,7-8,10-11,15,17,20,24H,5-6,9,12-14H2,1-2H3/t17-,20+/m1/s1. The first kappa shape index (κ1) is 17.9. The van der Waals surface area contributed by atoms with Crippen molar-refractivity contribution >= 4 is 16.8 Å². The second-order valence-corrected chi connectivity index (χ2v) is 7.60. The smallest absolute Gasteiger partial charge is 0.222 e. The number of carbonyl (C=O) groups excluding carboxylic acids is 1. The number of amides is 1. The normalized spacial score (nSPS) is 20.6. The van der Waals surface area contributed by atoms with E-state index in [1.54, 1.807) is 0 Å². The average molecular weight is 340 g/mol. The number of benzene rings is 1. The first-order valence-corrected chi connectivity index (χ1v) is 9.33. The van der Waals surface area contributed by atoms with E-state index in [4.69, 9.17) is 0 Å². The Morgan fingerprint density at radius 2 is 2.08 bits per heavy atom. The molecule has 4 heteroatoms. The first-order valence-electron chi connectivity index (χ1n) is 9.33. The van der Waals surface area contributed by atoms with E-state index in [1.807, 2.05) is 35.4 Å². The van der Waals surface area contributed by atoms with Crippen LogP contribution in [0.15, 0.2) is 36.5 Å². The molecule has 1 N–H and O–H groups in total. The number of para-hydroxylation sites is 1. The van der Waals surface area contributed by atoms with Gasteiger partial charge in [-0.3, -0.25) is 9.78 Å². The minimum Gasteiger partial charge on any atom is -0.391 e. The van der Waals surface area contributed by atoms with E-state index in [9.17, 15) is 9.90 Å². The van der Waals surface area contributed by atoms with E-state index in [-0.39, 0.29) is 11.8 Å². The molecule has 0 radical (unpaired) electrons. The molecule has 1 aromatic heterocycles. The van der Waals surface area contributed by atoms with Crippen LogP contribution in [0.5, 0.6) is 0 Å². The Bertz CT molecular complexity index is 723. The lowest BCUT2D eigenvalue weighted by molar-refractivity contribution is -0.130. The van der Waals surface area contributed by atoms with Crippen LogP contribution in [0.2, 0.25) is 0 Å². The van der Waals surface area contributed by atoms with Crippen molar-refractivity contribution in [1.82, 2.24) is 9.88 Å². The van der Waals surface area contributed by atoms with Crippen molar-refractivity contribution in [3.8, 4) is 0 Å². The van der Waals surface area contributed by atoms with Crippen LogP contribution < -0.4 is 0 Å². The molecule has 2 aromatic rings. The van der Waals surface area contributed by atoms with Gasteiger partial charge in [-0.2, -0.15) is 0 Å². The summed E-state index contributed by atoms with van der Waals surface area (Å²) in [5.41, 5.74) is 2.18. The number of aliphatic hydroxyl groups is 1. The maximum absolute atomic E-state index is 12.4. The third kappa shape index (κ3) is 4.37. The number of aromatic nitrogens is 1. The fourth-order valence-electron chi connectivity index (χ4n) is 3.69. The summed E-state index contributed by atoms with van der Waals surface area (Å²) in [6, 6.07) is 10.1. The third-order valence-corrected chi connectivity index (χ3v) is 5.15. The van der Waals surface area contributed by atoms with Gasteiger partial charge in [0.15, 0.2) is 0 Å². The van der Waals surface area contributed by atoms with Gasteiger partial charge in [-0.15, -0.1) is 0 Å². The number of hydrogen-bond donors (Lipinski definition) is 1. The molecule has 1 fully saturated rings. The number of hydrogen-bond acceptors (Lipinski definition) is 3. The van der Waals surface area contributed by atoms with E-state index in [2.05, 4.69) is 24.9 Å². The summed E-state index contributed by atoms with van der Waals surface area (Å²) in [5.74, 6) is 0.909. The molecular weight excluding hydrogens is 312 g/mol. The van der Waals surface area contributed by atoms with E-state index in [0.29, 0.717) is 25.4 Å². The molecule has 4 nitrogen and oxygen atoms in total. The molecule has 2 heterocycles. The number of rotatable bonds is 6. The highest BCUT2D eigenvalue weighted by atomic mass is 16.3. The molecule has 0 saturated carbocycles. The molecule has 1 aliphatic rings. The zero-order chi connectivity index (χ0) is 17.8. The Morgan fingerprint density at radius 3 is 2.88 bits per heavy atom. The lowest BCUT2D eigenvalue weighted by atomic mass is 9.94. The lowest BCUT2D eigenvalue weighted by Crippen LogP contribution is -2.29. The highest BCUT2D eigenvalue weighted by molar-refractivity contribution is 5.82. The van der Waals surface area contributed by atoms with E-state index in [0.717, 1.165) is 30.2 Å². The fourth-order valence-corrected chi connectivity index (χ4v) is 3.69. The molecule has 0 aliphatic carbocycles. The van der Waals surface area contributed by atoms with Crippen LogP contribution in [-0.4, -0.2) is 40.1 Å². The van der Waals surface area contributed by atoms with Gasteiger partial charge in [0.25, 0.3) is 0 Å². The van der Waals surface area contributed by atoms with Crippen molar-refractivity contribution in [1.29, 1.82) is 0 Å². The molecule has 134 valence electrons. The van der Waals surface area contributed by atoms with Crippen molar-refractivity contribution in [2.45, 2.75) is 45.6 Å². The van der Waals surface area contributed by atoms with Gasteiger partial charge in [0.1, 0.15) is 0 Å². The summed E-state index contributed by atoms with van der Waals surface area (Å²) < 4.78 is 0. The van der Waals surface area contributed by atoms with E-state index in [1.165, 1.54) is 5.56 Å². The maximum atomic E-state index is 12.4. The zero-order valence-corrected chi connectivity index (χ0v) is 15.2. The summed E-state index contributed by atoms with van der Waals surface area (Å²) >= 11 is 0. The van der Waals surface area contributed by atoms with Gasteiger partial charge in [0.05, 0.1) is 11.6 Å². The fraction of sp³-hybridized carbons (Fsp3) is 0.524. The van der Waals surface area contributed by atoms with Crippen LogP contribution in [0, 0.1) is 11.8 Å². The van der Waals surface area contributed by atoms with Crippen LogP contribution in [0.1, 0.15) is 38.7 Å². The highest BCUT2D eigenvalue weighted by Crippen LogP contribution is 2.26. The molecule has 1 amide bonds. The first-order chi connectivity index (χ1) is 12.0. The Labute approximate surface area is 149 Å². The van der Waals surface area contributed by atoms with E-state index < -0.39 is 6.10 Å². The topological polar surface area (TPSA) is 53.4 Å². The van der Waals surface area contributed by atoms with Gasteiger partial charge < -0.3 is 10.0 Å². The number of likely N-dealkylation sites (tertiary alicyclic amines) is 1. The van der Waals surface area contributed by atoms with Crippen LogP contribution >= 0.6 is 0 Å². The van der Waals surface area contributed by atoms with Gasteiger partial charge in [0, 0.05) is 37.0 Å². The molecule has 3 rings (SSSR count). The van der Waals surface area contributed by atoms with Gasteiger partial charge in [-0.05, 0) is 36.5 Å². The quantitative estimate of drug-likeness (QED) is 0.876. The second-order valence-electron chi connectivity index (χ2n) is 7.60. The van der Waals surface area contributed by atoms with Crippen molar-refractivity contribution in [2.75, 3.05) is 13.1 Å². The summed E-state index contributed by atoms with van der Waals surface area (Å²) in [7, 11) is 0. The summed E-state index contributed by atoms with van der Waals surface area (Å²) in [5, 5.41) is 11.6. The minimum atomic E-state index is -0.444. The largest absolute Gasteiger partial charge is 0.391 e. The SMILES string of the molecule is CC(C)CCCC(=O)N1C[C@@H](Cc2ccnc3ccccc23)[C@@H](O)C1. The number of aliphatic hydroxyl groups excluding tert-OH is 1. The number of fused-ring (bicyclic) bond motifs is 1. The number of carbonyl (C=O) groups is 1. The van der Waals surface area contributed by atoms with Crippen LogP contribution in [0.3, 0.4) is 0 Å². The molecule has 2 atom stereocenters. The van der Waals surface area contributed by atoms with Crippen molar-refractivity contribution in [2.24, 2.45) is 11.8 Å². The zero-order valence-electron chi connectivity index (χ0n) is 15.2. The predicted octanol–water partition coefficient (Wildman–Crippen LogP) is 3.42. The lowest BCUT2D eigenvalue weighted by Gasteiger charge is -2.17. The van der Waals surface area contributed by atoms with Crippen molar-refractivity contribution < 1.29 is 9.90 Å². The maximum Gasteiger partial charge on any atom is 0.222 e. The van der Waals surface area contributed by atoms with Gasteiger partial charge in [-0.1, -0.05) is 38.5 Å². The molecule has 25 heavy (non-hydrogen) atoms. The van der Waals surface area contributed by atoms with Gasteiger partial charge in [0.2, 0.25) is 5.91 Å². The van der Waals surface area contributed by atoms with Gasteiger partial charge >= 0.3 is 0 Å². The van der Waals surface area contributed by atoms with Crippen molar-refractivity contribution in [3.05, 3.63) is 42.1 Å². The average Bonchev–Trinajstić information content (AvgIpc) is 2.96. The minimum absolute atomic E-state index is 0.0971. The molecular formula is C21H28N2O2. The van der Waals surface area contributed by atoms with Crippen LogP contribution in [0.4, 0.5) is 0 Å². The van der Waals surface area contributed by atoms with Gasteiger partial charge in [-0.25, -0.2) is 0 Å². The molecule has 0 unspecified atom stereocenters. The number of pyridine rings is 1. The third-order valence-electron chi connectivity index (χ3n) is 5.15. The second kappa shape index (κ2) is 7.96. The monoisotopic (exact) mass is 340 g/mol. The predicted molar refractivity (Wildman–Crippen MR) is 100 cm³/mol. The Hall–Kier alpha value is -1.94.